The average molecular weight is 179 g/mol. The van der Waals surface area contributed by atoms with Gasteiger partial charge in [-0.15, -0.1) is 0 Å². The smallest absolute Gasteiger partial charge is 0.435 e. The monoisotopic (exact) mass is 178 g/mol. The zero-order chi connectivity index (χ0) is 8.20. The normalized spacial score (nSPS) is 13.0. The van der Waals surface area contributed by atoms with E-state index >= 15 is 0 Å². The van der Waals surface area contributed by atoms with Crippen molar-refractivity contribution in [1.29, 1.82) is 0 Å². The number of rotatable bonds is 3. The summed E-state index contributed by atoms with van der Waals surface area (Å²) in [7, 11) is 0. The van der Waals surface area contributed by atoms with E-state index in [1.807, 2.05) is 0 Å². The Hall–Kier alpha value is -0.450. The molecule has 0 aromatic carbocycles. The molecule has 0 N–H and O–H groups in total. The van der Waals surface area contributed by atoms with Crippen LogP contribution in [0.1, 0.15) is 0 Å². The molecule has 0 amide bonds. The highest BCUT2D eigenvalue weighted by Crippen LogP contribution is 2.24. The van der Waals surface area contributed by atoms with Gasteiger partial charge in [-0.05, 0) is 0 Å². The van der Waals surface area contributed by atoms with Crippen LogP contribution in [-0.2, 0) is 4.74 Å². The number of alkyl halides is 4. The molecule has 0 rings (SSSR count). The first-order chi connectivity index (χ1) is 4.50. The summed E-state index contributed by atoms with van der Waals surface area (Å²) < 4.78 is 48.9. The van der Waals surface area contributed by atoms with Gasteiger partial charge in [0.15, 0.2) is 0 Å². The van der Waals surface area contributed by atoms with E-state index in [0.29, 0.717) is 5.54 Å². The minimum absolute atomic E-state index is 0.285. The summed E-state index contributed by atoms with van der Waals surface area (Å²) in [4.78, 5) is 0. The van der Waals surface area contributed by atoms with Crippen LogP contribution in [0.4, 0.5) is 17.6 Å². The largest absolute Gasteiger partial charge is 0.460 e. The highest BCUT2D eigenvalue weighted by molar-refractivity contribution is 6.25. The lowest BCUT2D eigenvalue weighted by atomic mass is 10.7. The van der Waals surface area contributed by atoms with Crippen LogP contribution >= 0.6 is 11.6 Å². The van der Waals surface area contributed by atoms with Crippen molar-refractivity contribution in [2.75, 3.05) is 0 Å². The van der Waals surface area contributed by atoms with E-state index in [1.54, 1.807) is 0 Å². The van der Waals surface area contributed by atoms with Crippen molar-refractivity contribution < 1.29 is 22.3 Å². The molecule has 10 heavy (non-hydrogen) atoms. The van der Waals surface area contributed by atoms with Crippen molar-refractivity contribution in [3.05, 3.63) is 11.8 Å². The molecule has 0 aliphatic carbocycles. The minimum Gasteiger partial charge on any atom is -0.435 e. The van der Waals surface area contributed by atoms with Gasteiger partial charge < -0.3 is 4.74 Å². The van der Waals surface area contributed by atoms with E-state index < -0.39 is 12.5 Å². The molecule has 0 saturated heterocycles. The third-order valence-electron chi connectivity index (χ3n) is 0.531. The molecule has 0 saturated carbocycles. The maximum absolute atomic E-state index is 11.7. The molecule has 0 heterocycles. The molecule has 0 aliphatic rings. The van der Waals surface area contributed by atoms with Crippen LogP contribution < -0.4 is 0 Å². The summed E-state index contributed by atoms with van der Waals surface area (Å²) in [5.41, 5.74) is 0.566. The molecule has 0 unspecified atom stereocenters. The summed E-state index contributed by atoms with van der Waals surface area (Å²) in [6.45, 7) is 0. The Balaban J connectivity index is 3.86. The Morgan fingerprint density at radius 1 is 1.40 bits per heavy atom. The van der Waals surface area contributed by atoms with Crippen molar-refractivity contribution in [2.45, 2.75) is 12.5 Å². The van der Waals surface area contributed by atoms with Crippen LogP contribution in [-0.4, -0.2) is 12.5 Å². The summed E-state index contributed by atoms with van der Waals surface area (Å²) in [6.07, 6.45) is -8.01. The maximum Gasteiger partial charge on any atom is 0.460 e. The van der Waals surface area contributed by atoms with Crippen molar-refractivity contribution in [2.24, 2.45) is 0 Å². The van der Waals surface area contributed by atoms with Crippen LogP contribution in [0, 0.1) is 0 Å². The summed E-state index contributed by atoms with van der Waals surface area (Å²) in [5.74, 6) is 0. The van der Waals surface area contributed by atoms with Gasteiger partial charge in [0.1, 0.15) is 6.26 Å². The lowest BCUT2D eigenvalue weighted by Crippen LogP contribution is -2.27. The quantitative estimate of drug-likeness (QED) is 0.477. The SMILES string of the molecule is FC(F)C(F)(F)O/C=C\Cl. The van der Waals surface area contributed by atoms with Gasteiger partial charge in [0.2, 0.25) is 0 Å². The van der Waals surface area contributed by atoms with E-state index in [4.69, 9.17) is 11.6 Å². The Morgan fingerprint density at radius 3 is 2.20 bits per heavy atom. The highest BCUT2D eigenvalue weighted by atomic mass is 35.5. The van der Waals surface area contributed by atoms with E-state index in [1.165, 1.54) is 0 Å². The fourth-order valence-corrected chi connectivity index (χ4v) is 0.219. The van der Waals surface area contributed by atoms with Crippen LogP contribution in [0.15, 0.2) is 11.8 Å². The van der Waals surface area contributed by atoms with E-state index in [2.05, 4.69) is 4.74 Å². The molecular weight excluding hydrogens is 175 g/mol. The third kappa shape index (κ3) is 2.91. The zero-order valence-corrected chi connectivity index (χ0v) is 5.29. The van der Waals surface area contributed by atoms with Gasteiger partial charge in [0, 0.05) is 5.54 Å². The summed E-state index contributed by atoms with van der Waals surface area (Å²) >= 11 is 4.73. The number of ether oxygens (including phenoxy) is 1. The van der Waals surface area contributed by atoms with Gasteiger partial charge in [0.05, 0.1) is 0 Å². The second kappa shape index (κ2) is 3.65. The molecule has 60 valence electrons. The maximum atomic E-state index is 11.7. The summed E-state index contributed by atoms with van der Waals surface area (Å²) in [5, 5.41) is 0. The second-order valence-corrected chi connectivity index (χ2v) is 1.49. The van der Waals surface area contributed by atoms with Crippen LogP contribution in [0.2, 0.25) is 0 Å². The lowest BCUT2D eigenvalue weighted by Gasteiger charge is -2.12. The summed E-state index contributed by atoms with van der Waals surface area (Å²) in [6, 6.07) is 0. The minimum atomic E-state index is -4.45. The zero-order valence-electron chi connectivity index (χ0n) is 4.53. The molecular formula is C4H3ClF4O. The second-order valence-electron chi connectivity index (χ2n) is 1.24. The van der Waals surface area contributed by atoms with Gasteiger partial charge in [-0.2, -0.15) is 17.6 Å². The molecule has 0 spiro atoms. The predicted octanol–water partition coefficient (Wildman–Crippen LogP) is 2.57. The number of hydrogen-bond donors (Lipinski definition) is 0. The number of hydrogen-bond acceptors (Lipinski definition) is 1. The average Bonchev–Trinajstić information content (AvgIpc) is 1.84. The van der Waals surface area contributed by atoms with Gasteiger partial charge >= 0.3 is 12.5 Å². The standard InChI is InChI=1S/C4H3ClF4O/c5-1-2-10-4(8,9)3(6)7/h1-3H/b2-1-. The molecule has 0 atom stereocenters. The van der Waals surface area contributed by atoms with E-state index in [-0.39, 0.29) is 6.26 Å². The van der Waals surface area contributed by atoms with E-state index in [0.717, 1.165) is 0 Å². The van der Waals surface area contributed by atoms with Crippen LogP contribution in [0.3, 0.4) is 0 Å². The first-order valence-electron chi connectivity index (χ1n) is 2.09. The third-order valence-corrected chi connectivity index (χ3v) is 0.634. The molecule has 0 bridgehead atoms. The molecule has 1 nitrogen and oxygen atoms in total. The van der Waals surface area contributed by atoms with Crippen molar-refractivity contribution >= 4 is 11.6 Å². The molecule has 6 heteroatoms. The lowest BCUT2D eigenvalue weighted by molar-refractivity contribution is -0.274. The van der Waals surface area contributed by atoms with Crippen LogP contribution in [0.5, 0.6) is 0 Å². The fraction of sp³-hybridized carbons (Fsp3) is 0.500. The Labute approximate surface area is 59.2 Å². The Kier molecular flexibility index (Phi) is 3.49. The van der Waals surface area contributed by atoms with Crippen molar-refractivity contribution in [3.63, 3.8) is 0 Å². The first kappa shape index (κ1) is 9.55. The predicted molar refractivity (Wildman–Crippen MR) is 27.0 cm³/mol. The fourth-order valence-electron chi connectivity index (χ4n) is 0.168. The Morgan fingerprint density at radius 2 is 1.90 bits per heavy atom. The van der Waals surface area contributed by atoms with Crippen molar-refractivity contribution in [1.82, 2.24) is 0 Å². The van der Waals surface area contributed by atoms with Gasteiger partial charge in [-0.3, -0.25) is 0 Å². The van der Waals surface area contributed by atoms with Crippen LogP contribution in [0.25, 0.3) is 0 Å². The molecule has 0 fully saturated rings. The first-order valence-corrected chi connectivity index (χ1v) is 2.53. The van der Waals surface area contributed by atoms with Gasteiger partial charge in [-0.25, -0.2) is 0 Å². The van der Waals surface area contributed by atoms with Gasteiger partial charge in [0.25, 0.3) is 0 Å². The van der Waals surface area contributed by atoms with E-state index in [9.17, 15) is 17.6 Å². The van der Waals surface area contributed by atoms with Crippen molar-refractivity contribution in [3.8, 4) is 0 Å². The van der Waals surface area contributed by atoms with Gasteiger partial charge in [-0.1, -0.05) is 11.6 Å². The molecule has 0 aromatic heterocycles. The molecule has 0 aliphatic heterocycles. The number of halogens is 5. The molecule has 0 aromatic rings. The topological polar surface area (TPSA) is 9.23 Å². The molecule has 0 radical (unpaired) electrons. The highest BCUT2D eigenvalue weighted by Gasteiger charge is 2.42. The Bertz CT molecular complexity index is 124.